The summed E-state index contributed by atoms with van der Waals surface area (Å²) in [4.78, 5) is 0.527. The molecule has 1 saturated carbocycles. The van der Waals surface area contributed by atoms with E-state index >= 15 is 0 Å². The van der Waals surface area contributed by atoms with E-state index in [1.807, 2.05) is 0 Å². The Bertz CT molecular complexity index is 423. The summed E-state index contributed by atoms with van der Waals surface area (Å²) < 4.78 is 5.77. The summed E-state index contributed by atoms with van der Waals surface area (Å²) in [5, 5.41) is 0. The average Bonchev–Trinajstić information content (AvgIpc) is 2.78. The number of alkyl halides is 1. The highest BCUT2D eigenvalue weighted by Crippen LogP contribution is 2.42. The van der Waals surface area contributed by atoms with Crippen molar-refractivity contribution in [3.8, 4) is 5.75 Å². The molecule has 0 spiro atoms. The van der Waals surface area contributed by atoms with Crippen molar-refractivity contribution in [2.45, 2.75) is 56.4 Å². The summed E-state index contributed by atoms with van der Waals surface area (Å²) in [5.41, 5.74) is 2.83. The Kier molecular flexibility index (Phi) is 3.65. The first-order chi connectivity index (χ1) is 8.74. The van der Waals surface area contributed by atoms with Crippen LogP contribution in [0.15, 0.2) is 18.2 Å². The van der Waals surface area contributed by atoms with Gasteiger partial charge in [0.2, 0.25) is 0 Å². The van der Waals surface area contributed by atoms with Crippen LogP contribution in [0.3, 0.4) is 0 Å². The predicted molar refractivity (Wildman–Crippen MR) is 78.5 cm³/mol. The lowest BCUT2D eigenvalue weighted by Gasteiger charge is -2.26. The highest BCUT2D eigenvalue weighted by Gasteiger charge is 2.25. The van der Waals surface area contributed by atoms with Gasteiger partial charge in [0.15, 0.2) is 0 Å². The number of hydrogen-bond donors (Lipinski definition) is 0. The summed E-state index contributed by atoms with van der Waals surface area (Å²) >= 11 is 3.93. The molecule has 0 radical (unpaired) electrons. The summed E-state index contributed by atoms with van der Waals surface area (Å²) in [7, 11) is 0. The standard InChI is InChI=1S/C16H21BrO/c1-11-9-14-10-13(7-8-15(14)18-11)16(17)12-5-3-2-4-6-12/h7-8,10-12,16H,2-6,9H2,1H3. The van der Waals surface area contributed by atoms with Crippen molar-refractivity contribution in [3.05, 3.63) is 29.3 Å². The van der Waals surface area contributed by atoms with Crippen LogP contribution in [-0.4, -0.2) is 6.10 Å². The molecule has 1 aromatic rings. The molecule has 0 aromatic heterocycles. The van der Waals surface area contributed by atoms with Crippen LogP contribution in [0.5, 0.6) is 5.75 Å². The molecular weight excluding hydrogens is 288 g/mol. The van der Waals surface area contributed by atoms with Gasteiger partial charge in [-0.2, -0.15) is 0 Å². The van der Waals surface area contributed by atoms with Gasteiger partial charge >= 0.3 is 0 Å². The number of benzene rings is 1. The molecule has 2 unspecified atom stereocenters. The smallest absolute Gasteiger partial charge is 0.123 e. The number of hydrogen-bond acceptors (Lipinski definition) is 1. The molecule has 2 aliphatic rings. The van der Waals surface area contributed by atoms with Crippen LogP contribution in [0.1, 0.15) is 55.0 Å². The van der Waals surface area contributed by atoms with Crippen molar-refractivity contribution < 1.29 is 4.74 Å². The van der Waals surface area contributed by atoms with Gasteiger partial charge in [-0.1, -0.05) is 47.3 Å². The molecule has 18 heavy (non-hydrogen) atoms. The molecule has 1 aliphatic carbocycles. The lowest BCUT2D eigenvalue weighted by Crippen LogP contribution is -2.12. The lowest BCUT2D eigenvalue weighted by atomic mass is 9.84. The third-order valence-corrected chi connectivity index (χ3v) is 5.58. The van der Waals surface area contributed by atoms with Crippen molar-refractivity contribution in [1.29, 1.82) is 0 Å². The molecule has 1 aromatic carbocycles. The Hall–Kier alpha value is -0.500. The number of halogens is 1. The van der Waals surface area contributed by atoms with E-state index in [0.29, 0.717) is 10.9 Å². The van der Waals surface area contributed by atoms with Crippen LogP contribution in [0.4, 0.5) is 0 Å². The minimum absolute atomic E-state index is 0.346. The lowest BCUT2D eigenvalue weighted by molar-refractivity contribution is 0.254. The van der Waals surface area contributed by atoms with Crippen molar-refractivity contribution in [3.63, 3.8) is 0 Å². The summed E-state index contributed by atoms with van der Waals surface area (Å²) in [6, 6.07) is 6.75. The Balaban J connectivity index is 1.78. The van der Waals surface area contributed by atoms with Crippen LogP contribution >= 0.6 is 15.9 Å². The van der Waals surface area contributed by atoms with Crippen LogP contribution < -0.4 is 4.74 Å². The van der Waals surface area contributed by atoms with Gasteiger partial charge in [0.25, 0.3) is 0 Å². The Morgan fingerprint density at radius 1 is 1.22 bits per heavy atom. The Labute approximate surface area is 118 Å². The molecule has 2 atom stereocenters. The van der Waals surface area contributed by atoms with Gasteiger partial charge in [-0.25, -0.2) is 0 Å². The molecule has 1 nitrogen and oxygen atoms in total. The fourth-order valence-electron chi connectivity index (χ4n) is 3.31. The van der Waals surface area contributed by atoms with Gasteiger partial charge in [-0.15, -0.1) is 0 Å². The van der Waals surface area contributed by atoms with E-state index in [1.54, 1.807) is 0 Å². The van der Waals surface area contributed by atoms with Gasteiger partial charge in [0, 0.05) is 11.2 Å². The van der Waals surface area contributed by atoms with E-state index in [9.17, 15) is 0 Å². The average molecular weight is 309 g/mol. The summed E-state index contributed by atoms with van der Waals surface area (Å²) in [6.45, 7) is 2.15. The van der Waals surface area contributed by atoms with Gasteiger partial charge in [-0.3, -0.25) is 0 Å². The molecule has 0 saturated heterocycles. The van der Waals surface area contributed by atoms with Crippen molar-refractivity contribution in [1.82, 2.24) is 0 Å². The first-order valence-corrected chi connectivity index (χ1v) is 8.09. The predicted octanol–water partition coefficient (Wildman–Crippen LogP) is 5.03. The third-order valence-electron chi connectivity index (χ3n) is 4.30. The van der Waals surface area contributed by atoms with Crippen LogP contribution in [0.25, 0.3) is 0 Å². The maximum Gasteiger partial charge on any atom is 0.123 e. The Morgan fingerprint density at radius 2 is 2.00 bits per heavy atom. The van der Waals surface area contributed by atoms with Gasteiger partial charge < -0.3 is 4.74 Å². The highest BCUT2D eigenvalue weighted by atomic mass is 79.9. The fourth-order valence-corrected chi connectivity index (χ4v) is 4.13. The number of ether oxygens (including phenoxy) is 1. The highest BCUT2D eigenvalue weighted by molar-refractivity contribution is 9.09. The first kappa shape index (κ1) is 12.5. The topological polar surface area (TPSA) is 9.23 Å². The van der Waals surface area contributed by atoms with Crippen LogP contribution in [0, 0.1) is 5.92 Å². The molecule has 3 rings (SSSR count). The molecule has 98 valence electrons. The van der Waals surface area contributed by atoms with E-state index in [0.717, 1.165) is 18.1 Å². The molecule has 1 aliphatic heterocycles. The zero-order valence-electron chi connectivity index (χ0n) is 11.0. The number of rotatable bonds is 2. The summed E-state index contributed by atoms with van der Waals surface area (Å²) in [6.07, 6.45) is 8.38. The quantitative estimate of drug-likeness (QED) is 0.697. The van der Waals surface area contributed by atoms with Crippen molar-refractivity contribution in [2.24, 2.45) is 5.92 Å². The van der Waals surface area contributed by atoms with Crippen LogP contribution in [0.2, 0.25) is 0 Å². The van der Waals surface area contributed by atoms with E-state index < -0.39 is 0 Å². The summed E-state index contributed by atoms with van der Waals surface area (Å²) in [5.74, 6) is 1.91. The maximum atomic E-state index is 5.77. The minimum Gasteiger partial charge on any atom is -0.490 e. The van der Waals surface area contributed by atoms with E-state index in [4.69, 9.17) is 4.74 Å². The normalized spacial score (nSPS) is 25.6. The molecule has 0 N–H and O–H groups in total. The minimum atomic E-state index is 0.346. The first-order valence-electron chi connectivity index (χ1n) is 7.17. The van der Waals surface area contributed by atoms with E-state index in [2.05, 4.69) is 41.1 Å². The molecule has 1 heterocycles. The Morgan fingerprint density at radius 3 is 2.78 bits per heavy atom. The monoisotopic (exact) mass is 308 g/mol. The number of fused-ring (bicyclic) bond motifs is 1. The second-order valence-electron chi connectivity index (χ2n) is 5.80. The van der Waals surface area contributed by atoms with E-state index in [1.165, 1.54) is 43.2 Å². The molecular formula is C16H21BrO. The van der Waals surface area contributed by atoms with E-state index in [-0.39, 0.29) is 0 Å². The van der Waals surface area contributed by atoms with Crippen molar-refractivity contribution in [2.75, 3.05) is 0 Å². The van der Waals surface area contributed by atoms with Gasteiger partial charge in [-0.05, 0) is 42.9 Å². The van der Waals surface area contributed by atoms with Gasteiger partial charge in [0.05, 0.1) is 0 Å². The van der Waals surface area contributed by atoms with Gasteiger partial charge in [0.1, 0.15) is 11.9 Å². The zero-order chi connectivity index (χ0) is 12.5. The molecule has 0 amide bonds. The second kappa shape index (κ2) is 5.24. The zero-order valence-corrected chi connectivity index (χ0v) is 12.6. The fraction of sp³-hybridized carbons (Fsp3) is 0.625. The second-order valence-corrected chi connectivity index (χ2v) is 6.79. The molecule has 0 bridgehead atoms. The molecule has 2 heteroatoms. The SMILES string of the molecule is CC1Cc2cc(C(Br)C3CCCCC3)ccc2O1. The maximum absolute atomic E-state index is 5.77. The largest absolute Gasteiger partial charge is 0.490 e. The van der Waals surface area contributed by atoms with Crippen molar-refractivity contribution >= 4 is 15.9 Å². The van der Waals surface area contributed by atoms with Crippen LogP contribution in [-0.2, 0) is 6.42 Å². The third kappa shape index (κ3) is 2.45. The molecule has 1 fully saturated rings.